The topological polar surface area (TPSA) is 0 Å². The van der Waals surface area contributed by atoms with Crippen LogP contribution in [0.1, 0.15) is 18.9 Å². The van der Waals surface area contributed by atoms with Crippen LogP contribution in [0.5, 0.6) is 0 Å². The highest BCUT2D eigenvalue weighted by molar-refractivity contribution is 5.71. The van der Waals surface area contributed by atoms with Crippen LogP contribution >= 0.6 is 0 Å². The monoisotopic (exact) mass is 156 g/mol. The zero-order chi connectivity index (χ0) is 8.81. The summed E-state index contributed by atoms with van der Waals surface area (Å²) in [6.07, 6.45) is 5.17. The molecule has 0 N–H and O–H groups in total. The Labute approximate surface area is 74.2 Å². The third-order valence-electron chi connectivity index (χ3n) is 1.58. The van der Waals surface area contributed by atoms with Crippen molar-refractivity contribution < 1.29 is 0 Å². The van der Waals surface area contributed by atoms with E-state index < -0.39 is 0 Å². The Hall–Kier alpha value is -1.48. The zero-order valence-corrected chi connectivity index (χ0v) is 7.30. The molecule has 0 unspecified atom stereocenters. The Morgan fingerprint density at radius 1 is 1.58 bits per heavy atom. The van der Waals surface area contributed by atoms with Crippen LogP contribution in [0.4, 0.5) is 0 Å². The van der Waals surface area contributed by atoms with Gasteiger partial charge in [-0.25, -0.2) is 0 Å². The van der Waals surface area contributed by atoms with Crippen molar-refractivity contribution in [2.75, 3.05) is 0 Å². The van der Waals surface area contributed by atoms with Crippen LogP contribution in [0.25, 0.3) is 5.57 Å². The molecule has 1 rings (SSSR count). The fourth-order valence-electron chi connectivity index (χ4n) is 0.903. The van der Waals surface area contributed by atoms with Gasteiger partial charge in [0, 0.05) is 0 Å². The molecule has 0 bridgehead atoms. The van der Waals surface area contributed by atoms with Crippen LogP contribution in [-0.4, -0.2) is 0 Å². The predicted molar refractivity (Wildman–Crippen MR) is 52.6 cm³/mol. The molecule has 1 aromatic rings. The van der Waals surface area contributed by atoms with Crippen molar-refractivity contribution in [1.29, 1.82) is 0 Å². The summed E-state index contributed by atoms with van der Waals surface area (Å²) in [5, 5.41) is 0. The van der Waals surface area contributed by atoms with E-state index in [1.54, 1.807) is 0 Å². The van der Waals surface area contributed by atoms with Crippen LogP contribution in [0.15, 0.2) is 36.9 Å². The third-order valence-corrected chi connectivity index (χ3v) is 1.58. The van der Waals surface area contributed by atoms with E-state index in [-0.39, 0.29) is 0 Å². The summed E-state index contributed by atoms with van der Waals surface area (Å²) in [4.78, 5) is 0. The predicted octanol–water partition coefficient (Wildman–Crippen LogP) is 3.27. The summed E-state index contributed by atoms with van der Waals surface area (Å²) in [6, 6.07) is 11.5. The summed E-state index contributed by atoms with van der Waals surface area (Å²) in [6.45, 7) is 6.05. The molecule has 1 aromatic carbocycles. The van der Waals surface area contributed by atoms with Crippen molar-refractivity contribution in [2.45, 2.75) is 13.3 Å². The van der Waals surface area contributed by atoms with Gasteiger partial charge in [-0.15, -0.1) is 0 Å². The van der Waals surface area contributed by atoms with Gasteiger partial charge in [0.2, 0.25) is 0 Å². The van der Waals surface area contributed by atoms with E-state index in [1.165, 1.54) is 0 Å². The Morgan fingerprint density at radius 2 is 2.42 bits per heavy atom. The second-order valence-corrected chi connectivity index (χ2v) is 2.56. The highest BCUT2D eigenvalue weighted by atomic mass is 13.9. The molecule has 0 radical (unpaired) electrons. The lowest BCUT2D eigenvalue weighted by Crippen LogP contribution is -1.75. The Balaban J connectivity index is 2.72. The molecule has 0 atom stereocenters. The average molecular weight is 156 g/mol. The number of allylic oxidation sites excluding steroid dienone is 3. The lowest BCUT2D eigenvalue weighted by atomic mass is 10.1. The molecule has 0 fully saturated rings. The molecule has 60 valence electrons. The van der Waals surface area contributed by atoms with Gasteiger partial charge in [-0.3, -0.25) is 0 Å². The van der Waals surface area contributed by atoms with Crippen LogP contribution in [0.2, 0.25) is 0 Å². The van der Waals surface area contributed by atoms with Crippen LogP contribution in [0.3, 0.4) is 0 Å². The molecule has 0 saturated heterocycles. The molecule has 0 aromatic heterocycles. The first-order valence-corrected chi connectivity index (χ1v) is 4.08. The van der Waals surface area contributed by atoms with E-state index in [9.17, 15) is 0 Å². The molecule has 0 heterocycles. The Bertz CT molecular complexity index is 267. The van der Waals surface area contributed by atoms with Gasteiger partial charge in [0.1, 0.15) is 0 Å². The molecule has 12 heavy (non-hydrogen) atoms. The Kier molecular flexibility index (Phi) is 3.17. The summed E-state index contributed by atoms with van der Waals surface area (Å²) in [5.41, 5.74) is 2.14. The Morgan fingerprint density at radius 3 is 3.00 bits per heavy atom. The molecular weight excluding hydrogens is 144 g/mol. The minimum atomic E-state index is 1.03. The smallest absolute Gasteiger partial charge is 0.00367 e. The molecule has 0 spiro atoms. The van der Waals surface area contributed by atoms with Gasteiger partial charge in [0.15, 0.2) is 0 Å². The molecule has 0 amide bonds. The fourth-order valence-corrected chi connectivity index (χ4v) is 0.903. The van der Waals surface area contributed by atoms with Crippen molar-refractivity contribution in [3.63, 3.8) is 0 Å². The largest absolute Gasteiger partial charge is 0.0911 e. The standard InChI is InChI=1S/C12H12/c1-3-4-8-11(2)12-9-6-5-7-10-12/h4,6,8-10H,2-3H2,1H3/b8-4-. The van der Waals surface area contributed by atoms with Gasteiger partial charge in [-0.1, -0.05) is 37.8 Å². The van der Waals surface area contributed by atoms with E-state index in [0.29, 0.717) is 0 Å². The highest BCUT2D eigenvalue weighted by Crippen LogP contribution is 2.11. The van der Waals surface area contributed by atoms with Crippen LogP contribution in [-0.2, 0) is 0 Å². The van der Waals surface area contributed by atoms with Gasteiger partial charge in [0.05, 0.1) is 0 Å². The third kappa shape index (κ3) is 2.29. The second-order valence-electron chi connectivity index (χ2n) is 2.56. The fraction of sp³-hybridized carbons (Fsp3) is 0.167. The number of hydrogen-bond acceptors (Lipinski definition) is 0. The summed E-state index contributed by atoms with van der Waals surface area (Å²) >= 11 is 0. The van der Waals surface area contributed by atoms with E-state index in [1.807, 2.05) is 24.3 Å². The highest BCUT2D eigenvalue weighted by Gasteiger charge is 1.90. The first-order valence-electron chi connectivity index (χ1n) is 4.08. The van der Waals surface area contributed by atoms with Crippen LogP contribution in [0, 0.1) is 12.1 Å². The zero-order valence-electron chi connectivity index (χ0n) is 7.30. The summed E-state index contributed by atoms with van der Waals surface area (Å²) in [5.74, 6) is 0. The minimum absolute atomic E-state index is 1.03. The summed E-state index contributed by atoms with van der Waals surface area (Å²) in [7, 11) is 0. The number of hydrogen-bond donors (Lipinski definition) is 0. The molecular formula is C12H12. The van der Waals surface area contributed by atoms with Gasteiger partial charge < -0.3 is 0 Å². The number of rotatable bonds is 3. The minimum Gasteiger partial charge on any atom is -0.0911 e. The molecule has 0 nitrogen and oxygen atoms in total. The van der Waals surface area contributed by atoms with Crippen molar-refractivity contribution >= 4 is 5.57 Å². The van der Waals surface area contributed by atoms with Gasteiger partial charge in [0.25, 0.3) is 0 Å². The lowest BCUT2D eigenvalue weighted by Gasteiger charge is -1.95. The normalized spacial score (nSPS) is 9.75. The molecule has 0 aliphatic carbocycles. The van der Waals surface area contributed by atoms with Gasteiger partial charge >= 0.3 is 0 Å². The maximum atomic E-state index is 3.94. The van der Waals surface area contributed by atoms with E-state index in [2.05, 4.69) is 31.7 Å². The van der Waals surface area contributed by atoms with Gasteiger partial charge in [-0.05, 0) is 35.8 Å². The molecule has 0 saturated carbocycles. The SMILES string of the molecule is C=C(/C=C\CC)c1cc#ccc1. The van der Waals surface area contributed by atoms with Crippen LogP contribution < -0.4 is 0 Å². The molecule has 0 aliphatic heterocycles. The summed E-state index contributed by atoms with van der Waals surface area (Å²) < 4.78 is 0. The van der Waals surface area contributed by atoms with E-state index >= 15 is 0 Å². The second kappa shape index (κ2) is 4.41. The first-order chi connectivity index (χ1) is 5.84. The van der Waals surface area contributed by atoms with Crippen molar-refractivity contribution in [3.8, 4) is 0 Å². The molecule has 0 heteroatoms. The maximum Gasteiger partial charge on any atom is -0.00367 e. The maximum absolute atomic E-state index is 3.94. The molecule has 0 aliphatic rings. The van der Waals surface area contributed by atoms with Crippen molar-refractivity contribution in [3.05, 3.63) is 54.6 Å². The van der Waals surface area contributed by atoms with E-state index in [0.717, 1.165) is 17.6 Å². The quantitative estimate of drug-likeness (QED) is 0.589. The van der Waals surface area contributed by atoms with Crippen molar-refractivity contribution in [1.82, 2.24) is 0 Å². The van der Waals surface area contributed by atoms with Crippen molar-refractivity contribution in [2.24, 2.45) is 0 Å². The van der Waals surface area contributed by atoms with Gasteiger partial charge in [-0.2, -0.15) is 0 Å². The average Bonchev–Trinajstić information content (AvgIpc) is 2.15. The lowest BCUT2D eigenvalue weighted by molar-refractivity contribution is 1.23. The van der Waals surface area contributed by atoms with E-state index in [4.69, 9.17) is 0 Å². The first kappa shape index (κ1) is 8.62.